The Morgan fingerprint density at radius 2 is 2.26 bits per heavy atom. The molecule has 2 rings (SSSR count). The van der Waals surface area contributed by atoms with Crippen molar-refractivity contribution in [3.63, 3.8) is 0 Å². The molecule has 1 fully saturated rings. The molecule has 1 unspecified atom stereocenters. The molecule has 106 valence electrons. The van der Waals surface area contributed by atoms with Crippen molar-refractivity contribution in [1.82, 2.24) is 5.27 Å². The first-order valence-electron chi connectivity index (χ1n) is 7.07. The monoisotopic (exact) mass is 266 g/mol. The third-order valence-electron chi connectivity index (χ3n) is 3.52. The van der Waals surface area contributed by atoms with Crippen LogP contribution in [0.25, 0.3) is 0 Å². The van der Waals surface area contributed by atoms with E-state index in [-0.39, 0.29) is 5.90 Å². The van der Waals surface area contributed by atoms with E-state index < -0.39 is 0 Å². The van der Waals surface area contributed by atoms with E-state index in [1.165, 1.54) is 19.3 Å². The molecule has 1 aliphatic rings. The van der Waals surface area contributed by atoms with Gasteiger partial charge in [0.05, 0.1) is 17.9 Å². The SMILES string of the molecule is CCC(C)CC([O-])=Nc1c[n+](N2CCCCC2)no1. The Labute approximate surface area is 113 Å². The molecule has 2 heterocycles. The third kappa shape index (κ3) is 3.94. The Kier molecular flexibility index (Phi) is 4.76. The van der Waals surface area contributed by atoms with Gasteiger partial charge >= 0.3 is 5.88 Å². The van der Waals surface area contributed by atoms with Crippen LogP contribution in [0.4, 0.5) is 5.88 Å². The zero-order valence-corrected chi connectivity index (χ0v) is 11.7. The van der Waals surface area contributed by atoms with E-state index in [1.807, 2.05) is 6.92 Å². The second kappa shape index (κ2) is 6.54. The van der Waals surface area contributed by atoms with Gasteiger partial charge in [0.2, 0.25) is 5.27 Å². The highest BCUT2D eigenvalue weighted by atomic mass is 16.5. The lowest BCUT2D eigenvalue weighted by Crippen LogP contribution is -2.60. The highest BCUT2D eigenvalue weighted by Gasteiger charge is 2.22. The Bertz CT molecular complexity index is 424. The summed E-state index contributed by atoms with van der Waals surface area (Å²) < 4.78 is 5.09. The number of hydrogen-bond acceptors (Lipinski definition) is 5. The van der Waals surface area contributed by atoms with Crippen LogP contribution in [0.15, 0.2) is 15.7 Å². The number of piperidine rings is 1. The average molecular weight is 266 g/mol. The molecule has 1 aromatic rings. The van der Waals surface area contributed by atoms with Gasteiger partial charge in [-0.2, -0.15) is 5.01 Å². The van der Waals surface area contributed by atoms with Crippen molar-refractivity contribution in [2.24, 2.45) is 10.9 Å². The average Bonchev–Trinajstić information content (AvgIpc) is 2.88. The molecule has 0 spiro atoms. The molecule has 6 nitrogen and oxygen atoms in total. The van der Waals surface area contributed by atoms with Gasteiger partial charge in [0.15, 0.2) is 0 Å². The summed E-state index contributed by atoms with van der Waals surface area (Å²) in [5.41, 5.74) is 0. The van der Waals surface area contributed by atoms with Gasteiger partial charge in [0.1, 0.15) is 0 Å². The number of rotatable bonds is 5. The third-order valence-corrected chi connectivity index (χ3v) is 3.52. The molecular weight excluding hydrogens is 244 g/mol. The number of aromatic nitrogens is 2. The zero-order valence-electron chi connectivity index (χ0n) is 11.7. The van der Waals surface area contributed by atoms with E-state index in [9.17, 15) is 5.11 Å². The van der Waals surface area contributed by atoms with Gasteiger partial charge in [0, 0.05) is 0 Å². The van der Waals surface area contributed by atoms with E-state index in [4.69, 9.17) is 4.52 Å². The number of aliphatic imine (C=N–C) groups is 1. The molecule has 1 saturated heterocycles. The van der Waals surface area contributed by atoms with Crippen molar-refractivity contribution in [3.05, 3.63) is 6.20 Å². The van der Waals surface area contributed by atoms with Crippen molar-refractivity contribution in [2.45, 2.75) is 46.0 Å². The van der Waals surface area contributed by atoms with E-state index in [0.717, 1.165) is 19.5 Å². The molecule has 1 aromatic heterocycles. The lowest BCUT2D eigenvalue weighted by Gasteiger charge is -2.17. The molecular formula is C13H22N4O2. The highest BCUT2D eigenvalue weighted by molar-refractivity contribution is 5.74. The fourth-order valence-electron chi connectivity index (χ4n) is 2.11. The van der Waals surface area contributed by atoms with Crippen LogP contribution in [-0.4, -0.2) is 24.3 Å². The molecule has 0 aromatic carbocycles. The largest absolute Gasteiger partial charge is 0.862 e. The Morgan fingerprint density at radius 3 is 2.95 bits per heavy atom. The van der Waals surface area contributed by atoms with Gasteiger partial charge in [0.25, 0.3) is 6.20 Å². The Morgan fingerprint density at radius 1 is 1.53 bits per heavy atom. The first kappa shape index (κ1) is 13.8. The Balaban J connectivity index is 1.98. The summed E-state index contributed by atoms with van der Waals surface area (Å²) in [5.74, 6) is 0.503. The number of nitrogens with zero attached hydrogens (tertiary/aromatic N) is 4. The lowest BCUT2D eigenvalue weighted by atomic mass is 10.1. The molecule has 0 N–H and O–H groups in total. The van der Waals surface area contributed by atoms with Crippen LogP contribution in [-0.2, 0) is 0 Å². The van der Waals surface area contributed by atoms with Crippen molar-refractivity contribution in [1.29, 1.82) is 0 Å². The van der Waals surface area contributed by atoms with Crippen molar-refractivity contribution < 1.29 is 14.4 Å². The van der Waals surface area contributed by atoms with Crippen molar-refractivity contribution >= 4 is 11.8 Å². The quantitative estimate of drug-likeness (QED) is 0.451. The summed E-state index contributed by atoms with van der Waals surface area (Å²) in [6.07, 6.45) is 6.71. The van der Waals surface area contributed by atoms with Gasteiger partial charge < -0.3 is 5.11 Å². The maximum atomic E-state index is 11.7. The summed E-state index contributed by atoms with van der Waals surface area (Å²) in [6.45, 7) is 6.05. The second-order valence-corrected chi connectivity index (χ2v) is 5.20. The summed E-state index contributed by atoms with van der Waals surface area (Å²) in [4.78, 5) is 5.61. The summed E-state index contributed by atoms with van der Waals surface area (Å²) in [6, 6.07) is 0. The highest BCUT2D eigenvalue weighted by Crippen LogP contribution is 2.11. The predicted octanol–water partition coefficient (Wildman–Crippen LogP) is 0.910. The number of hydrogen-bond donors (Lipinski definition) is 0. The second-order valence-electron chi connectivity index (χ2n) is 5.20. The zero-order chi connectivity index (χ0) is 13.7. The van der Waals surface area contributed by atoms with E-state index >= 15 is 0 Å². The predicted molar refractivity (Wildman–Crippen MR) is 69.7 cm³/mol. The minimum absolute atomic E-state index is 0.142. The molecule has 0 radical (unpaired) electrons. The molecule has 1 atom stereocenters. The van der Waals surface area contributed by atoms with Crippen molar-refractivity contribution in [2.75, 3.05) is 18.1 Å². The van der Waals surface area contributed by atoms with E-state index in [2.05, 4.69) is 22.2 Å². The van der Waals surface area contributed by atoms with Crippen molar-refractivity contribution in [3.8, 4) is 0 Å². The molecule has 0 aliphatic carbocycles. The van der Waals surface area contributed by atoms with E-state index in [1.54, 1.807) is 11.0 Å². The summed E-state index contributed by atoms with van der Waals surface area (Å²) >= 11 is 0. The van der Waals surface area contributed by atoms with Crippen LogP contribution >= 0.6 is 0 Å². The summed E-state index contributed by atoms with van der Waals surface area (Å²) in [7, 11) is 0. The van der Waals surface area contributed by atoms with E-state index in [0.29, 0.717) is 18.2 Å². The first-order chi connectivity index (χ1) is 9.19. The normalized spacial score (nSPS) is 18.6. The topological polar surface area (TPSA) is 68.6 Å². The molecule has 19 heavy (non-hydrogen) atoms. The van der Waals surface area contributed by atoms with Crippen LogP contribution in [0.2, 0.25) is 0 Å². The molecule has 6 heteroatoms. The maximum Gasteiger partial charge on any atom is 0.324 e. The van der Waals surface area contributed by atoms with Crippen LogP contribution in [0.5, 0.6) is 0 Å². The molecule has 0 saturated carbocycles. The molecule has 1 aliphatic heterocycles. The van der Waals surface area contributed by atoms with Gasteiger partial charge in [-0.3, -0.25) is 4.52 Å². The smallest absolute Gasteiger partial charge is 0.324 e. The molecule has 0 amide bonds. The Hall–Kier alpha value is -1.59. The van der Waals surface area contributed by atoms with Crippen LogP contribution in [0.1, 0.15) is 46.0 Å². The summed E-state index contributed by atoms with van der Waals surface area (Å²) in [5, 5.41) is 17.7. The maximum absolute atomic E-state index is 11.7. The molecule has 0 bridgehead atoms. The van der Waals surface area contributed by atoms with Gasteiger partial charge in [-0.25, -0.2) is 4.99 Å². The van der Waals surface area contributed by atoms with Crippen LogP contribution < -0.4 is 14.9 Å². The minimum Gasteiger partial charge on any atom is -0.862 e. The minimum atomic E-state index is -0.142. The fourth-order valence-corrected chi connectivity index (χ4v) is 2.11. The van der Waals surface area contributed by atoms with Gasteiger partial charge in [-0.05, 0) is 37.5 Å². The fraction of sp³-hybridized carbons (Fsp3) is 0.769. The lowest BCUT2D eigenvalue weighted by molar-refractivity contribution is -0.759. The standard InChI is InChI=1S/C13H22N4O2/c1-3-11(2)9-12(18)14-13-10-17(15-19-13)16-7-5-4-6-8-16/h10-11H,3-9H2,1-2H3. The first-order valence-corrected chi connectivity index (χ1v) is 7.07. The van der Waals surface area contributed by atoms with Gasteiger partial charge in [-0.1, -0.05) is 20.3 Å². The van der Waals surface area contributed by atoms with Crippen LogP contribution in [0.3, 0.4) is 0 Å². The van der Waals surface area contributed by atoms with Gasteiger partial charge in [-0.15, -0.1) is 0 Å². The van der Waals surface area contributed by atoms with Crippen LogP contribution in [0, 0.1) is 5.92 Å².